The number of nitrogens with zero attached hydrogens (tertiary/aromatic N) is 3. The Kier molecular flexibility index (Phi) is 6.38. The molecule has 0 aromatic rings. The molecule has 6 heteroatoms. The predicted molar refractivity (Wildman–Crippen MR) is 72.0 cm³/mol. The van der Waals surface area contributed by atoms with E-state index in [2.05, 4.69) is 28.8 Å². The molecule has 0 saturated carbocycles. The van der Waals surface area contributed by atoms with Crippen LogP contribution in [0.25, 0.3) is 0 Å². The first-order valence-electron chi connectivity index (χ1n) is 6.57. The van der Waals surface area contributed by atoms with Crippen LogP contribution in [0.4, 0.5) is 0 Å². The Hall–Kier alpha value is -0.850. The van der Waals surface area contributed by atoms with Crippen molar-refractivity contribution in [2.75, 3.05) is 39.8 Å². The lowest BCUT2D eigenvalue weighted by Gasteiger charge is -2.35. The summed E-state index contributed by atoms with van der Waals surface area (Å²) >= 11 is 0. The molecule has 0 aromatic carbocycles. The smallest absolute Gasteiger partial charge is 0.140 e. The number of likely N-dealkylation sites (N-methyl/N-ethyl adjacent to an activating group) is 2. The summed E-state index contributed by atoms with van der Waals surface area (Å²) in [7, 11) is 2.05. The van der Waals surface area contributed by atoms with Crippen molar-refractivity contribution < 1.29 is 9.94 Å². The molecule has 1 aliphatic heterocycles. The van der Waals surface area contributed by atoms with Crippen LogP contribution in [0.3, 0.4) is 0 Å². The Morgan fingerprint density at radius 1 is 1.67 bits per heavy atom. The summed E-state index contributed by atoms with van der Waals surface area (Å²) in [5.41, 5.74) is 5.52. The van der Waals surface area contributed by atoms with Crippen molar-refractivity contribution in [1.29, 1.82) is 0 Å². The summed E-state index contributed by atoms with van der Waals surface area (Å²) in [6.45, 7) is 9.00. The molecule has 0 aliphatic carbocycles. The average Bonchev–Trinajstić information content (AvgIpc) is 2.38. The number of hydrogen-bond acceptors (Lipinski definition) is 5. The quantitative estimate of drug-likeness (QED) is 0.307. The second kappa shape index (κ2) is 7.56. The molecule has 1 fully saturated rings. The lowest BCUT2D eigenvalue weighted by atomic mass is 10.1. The standard InChI is InChI=1S/C12H26N4O2/c1-4-16-5-6-18-11(9-16)8-15(3)10(2)7-12(13)14-17/h10-11,17H,4-9H2,1-3H3,(H2,13,14). The third kappa shape index (κ3) is 4.80. The van der Waals surface area contributed by atoms with Crippen LogP contribution >= 0.6 is 0 Å². The maximum atomic E-state index is 8.57. The van der Waals surface area contributed by atoms with Gasteiger partial charge in [-0.05, 0) is 20.5 Å². The minimum Gasteiger partial charge on any atom is -0.409 e. The topological polar surface area (TPSA) is 74.3 Å². The average molecular weight is 258 g/mol. The number of amidine groups is 1. The molecule has 2 unspecified atom stereocenters. The Morgan fingerprint density at radius 3 is 3.00 bits per heavy atom. The minimum absolute atomic E-state index is 0.238. The molecule has 0 aromatic heterocycles. The van der Waals surface area contributed by atoms with E-state index in [1.54, 1.807) is 0 Å². The zero-order valence-electron chi connectivity index (χ0n) is 11.7. The van der Waals surface area contributed by atoms with Gasteiger partial charge in [-0.25, -0.2) is 0 Å². The minimum atomic E-state index is 0.238. The van der Waals surface area contributed by atoms with Crippen LogP contribution in [-0.2, 0) is 4.74 Å². The van der Waals surface area contributed by atoms with Gasteiger partial charge in [0.15, 0.2) is 0 Å². The highest BCUT2D eigenvalue weighted by Gasteiger charge is 2.22. The molecule has 1 rings (SSSR count). The highest BCUT2D eigenvalue weighted by molar-refractivity contribution is 5.80. The van der Waals surface area contributed by atoms with Crippen molar-refractivity contribution >= 4 is 5.84 Å². The monoisotopic (exact) mass is 258 g/mol. The number of rotatable bonds is 6. The third-order valence-corrected chi connectivity index (χ3v) is 3.55. The molecule has 0 amide bonds. The van der Waals surface area contributed by atoms with Crippen molar-refractivity contribution in [3.05, 3.63) is 0 Å². The Bertz CT molecular complexity index is 273. The van der Waals surface area contributed by atoms with E-state index in [9.17, 15) is 0 Å². The van der Waals surface area contributed by atoms with E-state index < -0.39 is 0 Å². The summed E-state index contributed by atoms with van der Waals surface area (Å²) < 4.78 is 5.77. The summed E-state index contributed by atoms with van der Waals surface area (Å²) in [4.78, 5) is 4.60. The van der Waals surface area contributed by atoms with Gasteiger partial charge in [0.2, 0.25) is 0 Å². The van der Waals surface area contributed by atoms with E-state index in [-0.39, 0.29) is 18.0 Å². The van der Waals surface area contributed by atoms with E-state index in [0.29, 0.717) is 6.42 Å². The Morgan fingerprint density at radius 2 is 2.39 bits per heavy atom. The van der Waals surface area contributed by atoms with Gasteiger partial charge in [0.25, 0.3) is 0 Å². The first-order valence-corrected chi connectivity index (χ1v) is 6.57. The van der Waals surface area contributed by atoms with Gasteiger partial charge in [-0.1, -0.05) is 12.1 Å². The molecule has 106 valence electrons. The first kappa shape index (κ1) is 15.2. The molecular weight excluding hydrogens is 232 g/mol. The van der Waals surface area contributed by atoms with Crippen LogP contribution in [0.2, 0.25) is 0 Å². The molecule has 2 atom stereocenters. The van der Waals surface area contributed by atoms with Crippen LogP contribution in [0.5, 0.6) is 0 Å². The number of ether oxygens (including phenoxy) is 1. The molecule has 1 heterocycles. The van der Waals surface area contributed by atoms with E-state index >= 15 is 0 Å². The maximum Gasteiger partial charge on any atom is 0.140 e. The lowest BCUT2D eigenvalue weighted by Crippen LogP contribution is -2.48. The molecular formula is C12H26N4O2. The number of nitrogens with two attached hydrogens (primary N) is 1. The summed E-state index contributed by atoms with van der Waals surface area (Å²) in [6, 6.07) is 0.238. The van der Waals surface area contributed by atoms with E-state index in [4.69, 9.17) is 15.7 Å². The van der Waals surface area contributed by atoms with E-state index in [1.807, 2.05) is 7.05 Å². The largest absolute Gasteiger partial charge is 0.409 e. The van der Waals surface area contributed by atoms with Crippen LogP contribution in [0.1, 0.15) is 20.3 Å². The van der Waals surface area contributed by atoms with Crippen molar-refractivity contribution in [2.45, 2.75) is 32.4 Å². The van der Waals surface area contributed by atoms with Gasteiger partial charge in [-0.2, -0.15) is 0 Å². The van der Waals surface area contributed by atoms with Crippen LogP contribution < -0.4 is 5.73 Å². The zero-order chi connectivity index (χ0) is 13.5. The number of hydrogen-bond donors (Lipinski definition) is 2. The molecule has 3 N–H and O–H groups in total. The van der Waals surface area contributed by atoms with Crippen LogP contribution in [0, 0.1) is 0 Å². The van der Waals surface area contributed by atoms with E-state index in [1.165, 1.54) is 0 Å². The number of morpholine rings is 1. The van der Waals surface area contributed by atoms with Gasteiger partial charge < -0.3 is 20.6 Å². The van der Waals surface area contributed by atoms with Gasteiger partial charge in [-0.3, -0.25) is 4.90 Å². The fourth-order valence-corrected chi connectivity index (χ4v) is 2.18. The van der Waals surface area contributed by atoms with Gasteiger partial charge in [0.05, 0.1) is 12.7 Å². The summed E-state index contributed by atoms with van der Waals surface area (Å²) in [5.74, 6) is 0.272. The SMILES string of the molecule is CCN1CCOC(CN(C)C(C)CC(N)=NO)C1. The van der Waals surface area contributed by atoms with Crippen molar-refractivity contribution in [3.63, 3.8) is 0 Å². The van der Waals surface area contributed by atoms with Gasteiger partial charge in [-0.15, -0.1) is 0 Å². The molecule has 0 bridgehead atoms. The predicted octanol–water partition coefficient (Wildman–Crippen LogP) is 0.164. The fraction of sp³-hybridized carbons (Fsp3) is 0.917. The van der Waals surface area contributed by atoms with Gasteiger partial charge >= 0.3 is 0 Å². The zero-order valence-corrected chi connectivity index (χ0v) is 11.7. The van der Waals surface area contributed by atoms with Crippen molar-refractivity contribution in [2.24, 2.45) is 10.9 Å². The highest BCUT2D eigenvalue weighted by atomic mass is 16.5. The summed E-state index contributed by atoms with van der Waals surface area (Å²) in [5, 5.41) is 11.6. The van der Waals surface area contributed by atoms with Gasteiger partial charge in [0.1, 0.15) is 5.84 Å². The molecule has 1 aliphatic rings. The van der Waals surface area contributed by atoms with E-state index in [0.717, 1.165) is 32.8 Å². The van der Waals surface area contributed by atoms with Crippen LogP contribution in [0.15, 0.2) is 5.16 Å². The third-order valence-electron chi connectivity index (χ3n) is 3.55. The van der Waals surface area contributed by atoms with Crippen LogP contribution in [-0.4, -0.2) is 72.8 Å². The molecule has 6 nitrogen and oxygen atoms in total. The Labute approximate surface area is 109 Å². The molecule has 18 heavy (non-hydrogen) atoms. The summed E-state index contributed by atoms with van der Waals surface area (Å²) in [6.07, 6.45) is 0.815. The fourth-order valence-electron chi connectivity index (χ4n) is 2.18. The maximum absolute atomic E-state index is 8.57. The Balaban J connectivity index is 2.36. The van der Waals surface area contributed by atoms with Crippen molar-refractivity contribution in [3.8, 4) is 0 Å². The normalized spacial score (nSPS) is 24.4. The molecule has 0 radical (unpaired) electrons. The lowest BCUT2D eigenvalue weighted by molar-refractivity contribution is -0.0423. The highest BCUT2D eigenvalue weighted by Crippen LogP contribution is 2.09. The molecule has 0 spiro atoms. The molecule has 1 saturated heterocycles. The van der Waals surface area contributed by atoms with Crippen molar-refractivity contribution in [1.82, 2.24) is 9.80 Å². The second-order valence-corrected chi connectivity index (χ2v) is 4.97. The first-order chi connectivity index (χ1) is 8.56. The number of oxime groups is 1. The second-order valence-electron chi connectivity index (χ2n) is 4.97. The van der Waals surface area contributed by atoms with Gasteiger partial charge in [0, 0.05) is 32.1 Å².